The van der Waals surface area contributed by atoms with E-state index in [1.807, 2.05) is 42.7 Å². The molecule has 0 unspecified atom stereocenters. The van der Waals surface area contributed by atoms with Crippen LogP contribution in [0.1, 0.15) is 11.4 Å². The number of imidazole rings is 1. The van der Waals surface area contributed by atoms with E-state index in [0.717, 1.165) is 49.7 Å². The highest BCUT2D eigenvalue weighted by atomic mass is 16.5. The van der Waals surface area contributed by atoms with Crippen molar-refractivity contribution in [1.29, 1.82) is 0 Å². The topological polar surface area (TPSA) is 85.2 Å². The number of anilines is 1. The molecule has 0 radical (unpaired) electrons. The molecular formula is C24H27N7O2. The molecule has 3 aromatic heterocycles. The van der Waals surface area contributed by atoms with E-state index in [9.17, 15) is 4.79 Å². The van der Waals surface area contributed by atoms with Gasteiger partial charge in [0.1, 0.15) is 5.82 Å². The quantitative estimate of drug-likeness (QED) is 0.450. The summed E-state index contributed by atoms with van der Waals surface area (Å²) < 4.78 is 8.60. The van der Waals surface area contributed by atoms with E-state index < -0.39 is 0 Å². The van der Waals surface area contributed by atoms with E-state index >= 15 is 0 Å². The van der Waals surface area contributed by atoms with Crippen molar-refractivity contribution in [2.45, 2.75) is 19.9 Å². The van der Waals surface area contributed by atoms with Gasteiger partial charge in [-0.25, -0.2) is 9.78 Å². The standard InChI is InChI=1S/C24H27N7O2/c1-18-26-23(33-27-18)20-5-7-21(8-6-20)31-17-16-30(24(31)32)11-9-19-4-3-10-25-22(19)29-14-12-28(2)13-15-29/h3-8,10,16-17H,9,11-15H2,1-2H3. The molecule has 1 fully saturated rings. The number of hydrogen-bond acceptors (Lipinski definition) is 7. The molecule has 9 nitrogen and oxygen atoms in total. The first kappa shape index (κ1) is 21.1. The molecule has 0 bridgehead atoms. The number of aromatic nitrogens is 5. The summed E-state index contributed by atoms with van der Waals surface area (Å²) in [6, 6.07) is 11.6. The average Bonchev–Trinajstić information content (AvgIpc) is 3.44. The lowest BCUT2D eigenvalue weighted by Gasteiger charge is -2.34. The minimum absolute atomic E-state index is 0.0681. The van der Waals surface area contributed by atoms with Gasteiger partial charge in [0, 0.05) is 56.9 Å². The Morgan fingerprint density at radius 2 is 1.82 bits per heavy atom. The normalized spacial score (nSPS) is 14.7. The molecule has 4 aromatic rings. The van der Waals surface area contributed by atoms with Crippen LogP contribution in [0.25, 0.3) is 17.1 Å². The number of benzene rings is 1. The zero-order valence-corrected chi connectivity index (χ0v) is 18.9. The fourth-order valence-electron chi connectivity index (χ4n) is 4.13. The Morgan fingerprint density at radius 3 is 2.55 bits per heavy atom. The van der Waals surface area contributed by atoms with Crippen LogP contribution in [0.3, 0.4) is 0 Å². The highest BCUT2D eigenvalue weighted by Gasteiger charge is 2.18. The molecule has 0 amide bonds. The molecule has 9 heteroatoms. The van der Waals surface area contributed by atoms with Crippen molar-refractivity contribution in [2.24, 2.45) is 0 Å². The number of pyridine rings is 1. The third-order valence-corrected chi connectivity index (χ3v) is 6.06. The minimum Gasteiger partial charge on any atom is -0.354 e. The Morgan fingerprint density at radius 1 is 1.03 bits per heavy atom. The first-order valence-corrected chi connectivity index (χ1v) is 11.1. The summed E-state index contributed by atoms with van der Waals surface area (Å²) in [4.78, 5) is 26.6. The Balaban J connectivity index is 1.30. The Bertz CT molecular complexity index is 1280. The van der Waals surface area contributed by atoms with E-state index in [0.29, 0.717) is 18.3 Å². The third kappa shape index (κ3) is 4.45. The van der Waals surface area contributed by atoms with Gasteiger partial charge in [-0.2, -0.15) is 4.98 Å². The van der Waals surface area contributed by atoms with Gasteiger partial charge in [-0.05, 0) is 56.3 Å². The summed E-state index contributed by atoms with van der Waals surface area (Å²) in [5.41, 5.74) is 2.71. The molecule has 0 aliphatic carbocycles. The van der Waals surface area contributed by atoms with Crippen molar-refractivity contribution < 1.29 is 4.52 Å². The minimum atomic E-state index is -0.0681. The average molecular weight is 446 g/mol. The van der Waals surface area contributed by atoms with Gasteiger partial charge in [0.25, 0.3) is 5.89 Å². The zero-order valence-electron chi connectivity index (χ0n) is 18.9. The van der Waals surface area contributed by atoms with Crippen LogP contribution in [0.4, 0.5) is 5.82 Å². The second-order valence-corrected chi connectivity index (χ2v) is 8.36. The van der Waals surface area contributed by atoms with Gasteiger partial charge in [0.05, 0.1) is 5.69 Å². The smallest absolute Gasteiger partial charge is 0.332 e. The number of aryl methyl sites for hydroxylation is 3. The SMILES string of the molecule is Cc1noc(-c2ccc(-n3ccn(CCc4cccnc4N4CCN(C)CC4)c3=O)cc2)n1. The maximum absolute atomic E-state index is 13.0. The lowest BCUT2D eigenvalue weighted by molar-refractivity contribution is 0.311. The van der Waals surface area contributed by atoms with E-state index in [-0.39, 0.29) is 5.69 Å². The summed E-state index contributed by atoms with van der Waals surface area (Å²) in [5, 5.41) is 3.82. The predicted octanol–water partition coefficient (Wildman–Crippen LogP) is 2.39. The van der Waals surface area contributed by atoms with Gasteiger partial charge in [0.15, 0.2) is 5.82 Å². The molecular weight excluding hydrogens is 418 g/mol. The van der Waals surface area contributed by atoms with Crippen molar-refractivity contribution in [3.05, 3.63) is 76.9 Å². The molecule has 5 rings (SSSR count). The summed E-state index contributed by atoms with van der Waals surface area (Å²) in [6.45, 7) is 6.37. The lowest BCUT2D eigenvalue weighted by Crippen LogP contribution is -2.45. The Hall–Kier alpha value is -3.72. The highest BCUT2D eigenvalue weighted by Crippen LogP contribution is 2.21. The Labute approximate surface area is 191 Å². The van der Waals surface area contributed by atoms with Gasteiger partial charge in [-0.3, -0.25) is 9.13 Å². The molecule has 1 aromatic carbocycles. The van der Waals surface area contributed by atoms with Crippen molar-refractivity contribution in [3.63, 3.8) is 0 Å². The van der Waals surface area contributed by atoms with Crippen LogP contribution in [0, 0.1) is 6.92 Å². The molecule has 1 aliphatic rings. The van der Waals surface area contributed by atoms with Crippen molar-refractivity contribution in [3.8, 4) is 17.1 Å². The number of nitrogens with zero attached hydrogens (tertiary/aromatic N) is 7. The molecule has 1 saturated heterocycles. The zero-order chi connectivity index (χ0) is 22.8. The molecule has 0 spiro atoms. The van der Waals surface area contributed by atoms with Crippen LogP contribution in [-0.2, 0) is 13.0 Å². The fraction of sp³-hybridized carbons (Fsp3) is 0.333. The number of rotatable bonds is 6. The van der Waals surface area contributed by atoms with Crippen molar-refractivity contribution >= 4 is 5.82 Å². The highest BCUT2D eigenvalue weighted by molar-refractivity contribution is 5.55. The van der Waals surface area contributed by atoms with Crippen molar-refractivity contribution in [2.75, 3.05) is 38.1 Å². The largest absolute Gasteiger partial charge is 0.354 e. The van der Waals surface area contributed by atoms with E-state index in [4.69, 9.17) is 4.52 Å². The lowest BCUT2D eigenvalue weighted by atomic mass is 10.1. The number of likely N-dealkylation sites (N-methyl/N-ethyl adjacent to an activating group) is 1. The van der Waals surface area contributed by atoms with E-state index in [1.165, 1.54) is 5.56 Å². The van der Waals surface area contributed by atoms with Gasteiger partial charge >= 0.3 is 5.69 Å². The summed E-state index contributed by atoms with van der Waals surface area (Å²) in [5.74, 6) is 2.09. The first-order chi connectivity index (χ1) is 16.1. The first-order valence-electron chi connectivity index (χ1n) is 11.1. The van der Waals surface area contributed by atoms with Crippen LogP contribution in [-0.4, -0.2) is 62.4 Å². The second kappa shape index (κ2) is 9.03. The summed E-state index contributed by atoms with van der Waals surface area (Å²) in [7, 11) is 2.15. The second-order valence-electron chi connectivity index (χ2n) is 8.36. The fourth-order valence-corrected chi connectivity index (χ4v) is 4.13. The summed E-state index contributed by atoms with van der Waals surface area (Å²) >= 11 is 0. The third-order valence-electron chi connectivity index (χ3n) is 6.06. The summed E-state index contributed by atoms with van der Waals surface area (Å²) in [6.07, 6.45) is 6.23. The molecule has 33 heavy (non-hydrogen) atoms. The van der Waals surface area contributed by atoms with Gasteiger partial charge in [-0.15, -0.1) is 0 Å². The molecule has 0 atom stereocenters. The van der Waals surface area contributed by atoms with Gasteiger partial charge < -0.3 is 14.3 Å². The molecule has 0 N–H and O–H groups in total. The molecule has 0 saturated carbocycles. The van der Waals surface area contributed by atoms with Crippen LogP contribution >= 0.6 is 0 Å². The van der Waals surface area contributed by atoms with Crippen LogP contribution < -0.4 is 10.6 Å². The number of hydrogen-bond donors (Lipinski definition) is 0. The molecule has 1 aliphatic heterocycles. The predicted molar refractivity (Wildman–Crippen MR) is 126 cm³/mol. The van der Waals surface area contributed by atoms with E-state index in [2.05, 4.69) is 38.0 Å². The van der Waals surface area contributed by atoms with Gasteiger partial charge in [0.2, 0.25) is 0 Å². The van der Waals surface area contributed by atoms with Gasteiger partial charge in [-0.1, -0.05) is 11.2 Å². The Kier molecular flexibility index (Phi) is 5.78. The van der Waals surface area contributed by atoms with Crippen molar-refractivity contribution in [1.82, 2.24) is 29.2 Å². The maximum Gasteiger partial charge on any atom is 0.332 e. The molecule has 170 valence electrons. The molecule has 4 heterocycles. The number of piperazine rings is 1. The van der Waals surface area contributed by atoms with Crippen LogP contribution in [0.15, 0.2) is 64.3 Å². The van der Waals surface area contributed by atoms with Crippen LogP contribution in [0.5, 0.6) is 0 Å². The monoisotopic (exact) mass is 445 g/mol. The van der Waals surface area contributed by atoms with E-state index in [1.54, 1.807) is 22.3 Å². The van der Waals surface area contributed by atoms with Crippen LogP contribution in [0.2, 0.25) is 0 Å². The maximum atomic E-state index is 13.0.